The molecule has 2 nitrogen and oxygen atoms in total. The lowest BCUT2D eigenvalue weighted by Crippen LogP contribution is -2.12. The van der Waals surface area contributed by atoms with Gasteiger partial charge >= 0.3 is 0 Å². The Bertz CT molecular complexity index is 588. The Morgan fingerprint density at radius 3 is 2.67 bits per heavy atom. The van der Waals surface area contributed by atoms with Gasteiger partial charge in [0.1, 0.15) is 5.82 Å². The summed E-state index contributed by atoms with van der Waals surface area (Å²) in [6, 6.07) is 6.01. The van der Waals surface area contributed by atoms with E-state index in [1.165, 1.54) is 43.4 Å². The van der Waals surface area contributed by atoms with Crippen LogP contribution in [-0.4, -0.2) is 15.4 Å². The topological polar surface area (TPSA) is 17.8 Å². The molecule has 0 unspecified atom stereocenters. The zero-order chi connectivity index (χ0) is 13.9. The van der Waals surface area contributed by atoms with Gasteiger partial charge in [-0.15, -0.1) is 24.0 Å². The maximum absolute atomic E-state index is 6.10. The molecule has 116 valence electrons. The predicted molar refractivity (Wildman–Crippen MR) is 93.2 cm³/mol. The van der Waals surface area contributed by atoms with Gasteiger partial charge < -0.3 is 4.57 Å². The SMILES string of the molecule is Cl.ClCCCn1c(C2CCCCC2)nc2cc(Cl)ccc21. The molecule has 21 heavy (non-hydrogen) atoms. The maximum atomic E-state index is 6.10. The van der Waals surface area contributed by atoms with Crippen LogP contribution in [-0.2, 0) is 6.54 Å². The van der Waals surface area contributed by atoms with Gasteiger partial charge in [0, 0.05) is 23.4 Å². The van der Waals surface area contributed by atoms with Crippen molar-refractivity contribution in [2.24, 2.45) is 0 Å². The van der Waals surface area contributed by atoms with Crippen LogP contribution in [0, 0.1) is 0 Å². The predicted octanol–water partition coefficient (Wildman–Crippen LogP) is 5.79. The van der Waals surface area contributed by atoms with Crippen LogP contribution in [0.2, 0.25) is 5.02 Å². The van der Waals surface area contributed by atoms with Gasteiger partial charge in [-0.3, -0.25) is 0 Å². The molecule has 1 aromatic carbocycles. The molecule has 1 aromatic heterocycles. The summed E-state index contributed by atoms with van der Waals surface area (Å²) in [5, 5.41) is 0.759. The molecule has 0 saturated heterocycles. The van der Waals surface area contributed by atoms with E-state index >= 15 is 0 Å². The first-order valence-electron chi connectivity index (χ1n) is 7.51. The van der Waals surface area contributed by atoms with Gasteiger partial charge in [-0.1, -0.05) is 30.9 Å². The lowest BCUT2D eigenvalue weighted by Gasteiger charge is -2.22. The zero-order valence-electron chi connectivity index (χ0n) is 12.0. The maximum Gasteiger partial charge on any atom is 0.112 e. The number of rotatable bonds is 4. The van der Waals surface area contributed by atoms with Crippen LogP contribution in [0.3, 0.4) is 0 Å². The Morgan fingerprint density at radius 1 is 1.19 bits per heavy atom. The van der Waals surface area contributed by atoms with Crippen LogP contribution in [0.15, 0.2) is 18.2 Å². The molecule has 0 aliphatic heterocycles. The number of aryl methyl sites for hydroxylation is 1. The van der Waals surface area contributed by atoms with E-state index in [2.05, 4.69) is 10.6 Å². The minimum atomic E-state index is 0. The van der Waals surface area contributed by atoms with Crippen molar-refractivity contribution in [1.29, 1.82) is 0 Å². The van der Waals surface area contributed by atoms with Crippen LogP contribution in [0.4, 0.5) is 0 Å². The van der Waals surface area contributed by atoms with E-state index in [0.29, 0.717) is 11.8 Å². The van der Waals surface area contributed by atoms with Gasteiger partial charge in [-0.2, -0.15) is 0 Å². The first kappa shape index (κ1) is 16.9. The van der Waals surface area contributed by atoms with E-state index in [-0.39, 0.29) is 12.4 Å². The summed E-state index contributed by atoms with van der Waals surface area (Å²) in [6.45, 7) is 0.952. The van der Waals surface area contributed by atoms with E-state index < -0.39 is 0 Å². The number of alkyl halides is 1. The van der Waals surface area contributed by atoms with Gasteiger partial charge in [-0.25, -0.2) is 4.98 Å². The lowest BCUT2D eigenvalue weighted by atomic mass is 9.88. The molecular formula is C16H21Cl3N2. The Kier molecular flexibility index (Phi) is 6.21. The molecule has 0 spiro atoms. The number of nitrogens with zero attached hydrogens (tertiary/aromatic N) is 2. The van der Waals surface area contributed by atoms with Crippen molar-refractivity contribution in [1.82, 2.24) is 9.55 Å². The Labute approximate surface area is 142 Å². The summed E-state index contributed by atoms with van der Waals surface area (Å²) in [5.41, 5.74) is 2.22. The molecule has 0 amide bonds. The molecule has 1 heterocycles. The summed E-state index contributed by atoms with van der Waals surface area (Å²) < 4.78 is 2.37. The van der Waals surface area contributed by atoms with Gasteiger partial charge in [0.15, 0.2) is 0 Å². The number of fused-ring (bicyclic) bond motifs is 1. The molecule has 1 aliphatic carbocycles. The summed E-state index contributed by atoms with van der Waals surface area (Å²) in [7, 11) is 0. The first-order chi connectivity index (χ1) is 9.79. The number of aromatic nitrogens is 2. The molecule has 5 heteroatoms. The Hall–Kier alpha value is -0.440. The van der Waals surface area contributed by atoms with Crippen molar-refractivity contribution in [3.63, 3.8) is 0 Å². The van der Waals surface area contributed by atoms with E-state index in [1.807, 2.05) is 12.1 Å². The number of benzene rings is 1. The van der Waals surface area contributed by atoms with Crippen LogP contribution < -0.4 is 0 Å². The standard InChI is InChI=1S/C16H20Cl2N2.ClH/c17-9-4-10-20-15-8-7-13(18)11-14(15)19-16(20)12-5-2-1-3-6-12;/h7-8,11-12H,1-6,9-10H2;1H. The lowest BCUT2D eigenvalue weighted by molar-refractivity contribution is 0.416. The second kappa shape index (κ2) is 7.71. The third-order valence-electron chi connectivity index (χ3n) is 4.23. The van der Waals surface area contributed by atoms with Crippen LogP contribution in [0.1, 0.15) is 50.3 Å². The highest BCUT2D eigenvalue weighted by Crippen LogP contribution is 2.34. The van der Waals surface area contributed by atoms with Crippen LogP contribution in [0.25, 0.3) is 11.0 Å². The van der Waals surface area contributed by atoms with Gasteiger partial charge in [0.25, 0.3) is 0 Å². The quantitative estimate of drug-likeness (QED) is 0.640. The second-order valence-corrected chi connectivity index (χ2v) is 6.45. The Morgan fingerprint density at radius 2 is 1.95 bits per heavy atom. The highest BCUT2D eigenvalue weighted by atomic mass is 35.5. The van der Waals surface area contributed by atoms with E-state index in [4.69, 9.17) is 28.2 Å². The largest absolute Gasteiger partial charge is 0.328 e. The molecule has 0 N–H and O–H groups in total. The smallest absolute Gasteiger partial charge is 0.112 e. The van der Waals surface area contributed by atoms with Gasteiger partial charge in [-0.05, 0) is 37.5 Å². The Balaban J connectivity index is 0.00000161. The molecule has 0 bridgehead atoms. The summed E-state index contributed by atoms with van der Waals surface area (Å²) in [5.74, 6) is 2.54. The van der Waals surface area contributed by atoms with E-state index in [9.17, 15) is 0 Å². The molecule has 1 aliphatic rings. The normalized spacial score (nSPS) is 16.1. The van der Waals surface area contributed by atoms with Crippen molar-refractivity contribution in [3.8, 4) is 0 Å². The molecule has 2 aromatic rings. The average molecular weight is 348 g/mol. The molecule has 0 radical (unpaired) electrons. The zero-order valence-corrected chi connectivity index (χ0v) is 14.4. The fourth-order valence-corrected chi connectivity index (χ4v) is 3.53. The minimum absolute atomic E-state index is 0. The van der Waals surface area contributed by atoms with Crippen molar-refractivity contribution >= 4 is 46.6 Å². The van der Waals surface area contributed by atoms with Crippen molar-refractivity contribution in [2.75, 3.05) is 5.88 Å². The van der Waals surface area contributed by atoms with Crippen molar-refractivity contribution in [2.45, 2.75) is 51.0 Å². The minimum Gasteiger partial charge on any atom is -0.328 e. The molecule has 0 atom stereocenters. The molecule has 3 rings (SSSR count). The fourth-order valence-electron chi connectivity index (χ4n) is 3.25. The van der Waals surface area contributed by atoms with Crippen molar-refractivity contribution < 1.29 is 0 Å². The van der Waals surface area contributed by atoms with Crippen LogP contribution >= 0.6 is 35.6 Å². The average Bonchev–Trinajstić information content (AvgIpc) is 2.83. The highest BCUT2D eigenvalue weighted by Gasteiger charge is 2.22. The number of imidazole rings is 1. The fraction of sp³-hybridized carbons (Fsp3) is 0.562. The molecular weight excluding hydrogens is 327 g/mol. The summed E-state index contributed by atoms with van der Waals surface area (Å²) >= 11 is 12.0. The monoisotopic (exact) mass is 346 g/mol. The van der Waals surface area contributed by atoms with E-state index in [1.54, 1.807) is 0 Å². The second-order valence-electron chi connectivity index (χ2n) is 5.63. The highest BCUT2D eigenvalue weighted by molar-refractivity contribution is 6.31. The molecule has 1 saturated carbocycles. The van der Waals surface area contributed by atoms with Crippen LogP contribution in [0.5, 0.6) is 0 Å². The third kappa shape index (κ3) is 3.67. The van der Waals surface area contributed by atoms with E-state index in [0.717, 1.165) is 23.5 Å². The van der Waals surface area contributed by atoms with Gasteiger partial charge in [0.05, 0.1) is 11.0 Å². The number of hydrogen-bond acceptors (Lipinski definition) is 1. The number of halogens is 3. The summed E-state index contributed by atoms with van der Waals surface area (Å²) in [6.07, 6.45) is 7.52. The number of hydrogen-bond donors (Lipinski definition) is 0. The first-order valence-corrected chi connectivity index (χ1v) is 8.42. The summed E-state index contributed by atoms with van der Waals surface area (Å²) in [4.78, 5) is 4.89. The van der Waals surface area contributed by atoms with Gasteiger partial charge in [0.2, 0.25) is 0 Å². The van der Waals surface area contributed by atoms with Crippen molar-refractivity contribution in [3.05, 3.63) is 29.0 Å². The third-order valence-corrected chi connectivity index (χ3v) is 4.73. The molecule has 1 fully saturated rings.